The molecule has 0 amide bonds. The molecule has 1 aromatic heterocycles. The molecule has 1 rings (SSSR count). The molecule has 0 saturated heterocycles. The van der Waals surface area contributed by atoms with Gasteiger partial charge in [-0.2, -0.15) is 4.31 Å². The van der Waals surface area contributed by atoms with Crippen molar-refractivity contribution in [1.29, 1.82) is 0 Å². The Morgan fingerprint density at radius 2 is 2.22 bits per heavy atom. The summed E-state index contributed by atoms with van der Waals surface area (Å²) in [5, 5.41) is 4.98. The Hall–Kier alpha value is -0.690. The highest BCUT2D eigenvalue weighted by Crippen LogP contribution is 2.25. The van der Waals surface area contributed by atoms with Crippen molar-refractivity contribution in [3.63, 3.8) is 0 Å². The van der Waals surface area contributed by atoms with Gasteiger partial charge in [-0.3, -0.25) is 0 Å². The molecule has 0 aromatic carbocycles. The van der Waals surface area contributed by atoms with E-state index in [2.05, 4.69) is 11.9 Å². The highest BCUT2D eigenvalue weighted by atomic mass is 32.2. The average molecular weight is 288 g/mol. The lowest BCUT2D eigenvalue weighted by Gasteiger charge is -2.19. The lowest BCUT2D eigenvalue weighted by molar-refractivity contribution is 0.459. The van der Waals surface area contributed by atoms with Gasteiger partial charge in [0.25, 0.3) is 0 Å². The van der Waals surface area contributed by atoms with E-state index in [1.165, 1.54) is 15.6 Å². The van der Waals surface area contributed by atoms with Crippen LogP contribution in [0.3, 0.4) is 0 Å². The largest absolute Gasteiger partial charge is 0.312 e. The molecule has 6 heteroatoms. The fourth-order valence-electron chi connectivity index (χ4n) is 1.61. The van der Waals surface area contributed by atoms with Crippen molar-refractivity contribution < 1.29 is 8.42 Å². The molecule has 4 nitrogen and oxygen atoms in total. The van der Waals surface area contributed by atoms with E-state index in [0.29, 0.717) is 24.5 Å². The summed E-state index contributed by atoms with van der Waals surface area (Å²) < 4.78 is 26.3. The molecule has 0 aliphatic rings. The van der Waals surface area contributed by atoms with E-state index in [1.54, 1.807) is 12.1 Å². The molecular formula is C12H20N2O2S2. The van der Waals surface area contributed by atoms with Crippen LogP contribution >= 0.6 is 11.3 Å². The van der Waals surface area contributed by atoms with Gasteiger partial charge in [-0.25, -0.2) is 8.42 Å². The van der Waals surface area contributed by atoms with Crippen LogP contribution < -0.4 is 5.32 Å². The van der Waals surface area contributed by atoms with Crippen molar-refractivity contribution in [1.82, 2.24) is 9.62 Å². The molecule has 0 unspecified atom stereocenters. The van der Waals surface area contributed by atoms with Gasteiger partial charge in [-0.1, -0.05) is 19.9 Å². The van der Waals surface area contributed by atoms with E-state index in [0.717, 1.165) is 11.4 Å². The Balaban J connectivity index is 3.03. The number of nitrogens with one attached hydrogen (secondary N) is 1. The summed E-state index contributed by atoms with van der Waals surface area (Å²) in [6.45, 7) is 9.63. The molecule has 0 saturated carbocycles. The van der Waals surface area contributed by atoms with Gasteiger partial charge in [-0.05, 0) is 18.0 Å². The molecule has 0 aliphatic carbocycles. The number of sulfonamides is 1. The fraction of sp³-hybridized carbons (Fsp3) is 0.500. The molecule has 0 radical (unpaired) electrons. The standard InChI is InChI=1S/C12H20N2O2S2/c1-4-8-14(6-3)18(15,16)12-7-9-17-11(12)10-13-5-2/h4,7,9,13H,1,5-6,8,10H2,2-3H3. The van der Waals surface area contributed by atoms with Gasteiger partial charge in [0.1, 0.15) is 0 Å². The van der Waals surface area contributed by atoms with Gasteiger partial charge in [0.15, 0.2) is 0 Å². The third kappa shape index (κ3) is 3.41. The number of likely N-dealkylation sites (N-methyl/N-ethyl adjacent to an activating group) is 1. The predicted octanol–water partition coefficient (Wildman–Crippen LogP) is 2.05. The molecule has 18 heavy (non-hydrogen) atoms. The van der Waals surface area contributed by atoms with Crippen molar-refractivity contribution >= 4 is 21.4 Å². The van der Waals surface area contributed by atoms with Crippen LogP contribution in [0.5, 0.6) is 0 Å². The Labute approximate surface area is 113 Å². The topological polar surface area (TPSA) is 49.4 Å². The summed E-state index contributed by atoms with van der Waals surface area (Å²) >= 11 is 1.47. The van der Waals surface area contributed by atoms with Crippen molar-refractivity contribution in [3.05, 3.63) is 29.0 Å². The summed E-state index contributed by atoms with van der Waals surface area (Å²) in [5.74, 6) is 0. The molecular weight excluding hydrogens is 268 g/mol. The quantitative estimate of drug-likeness (QED) is 0.745. The van der Waals surface area contributed by atoms with Crippen LogP contribution in [0.15, 0.2) is 29.0 Å². The van der Waals surface area contributed by atoms with Crippen LogP contribution in [-0.2, 0) is 16.6 Å². The highest BCUT2D eigenvalue weighted by Gasteiger charge is 2.25. The molecule has 1 aromatic rings. The Kier molecular flexibility index (Phi) is 6.01. The zero-order valence-corrected chi connectivity index (χ0v) is 12.5. The van der Waals surface area contributed by atoms with Crippen LogP contribution in [0.1, 0.15) is 18.7 Å². The number of hydrogen-bond acceptors (Lipinski definition) is 4. The van der Waals surface area contributed by atoms with Crippen molar-refractivity contribution in [3.8, 4) is 0 Å². The zero-order valence-electron chi connectivity index (χ0n) is 10.8. The van der Waals surface area contributed by atoms with E-state index in [1.807, 2.05) is 19.2 Å². The second-order valence-corrected chi connectivity index (χ2v) is 6.64. The third-order valence-corrected chi connectivity index (χ3v) is 5.62. The van der Waals surface area contributed by atoms with Crippen LogP contribution in [0.25, 0.3) is 0 Å². The van der Waals surface area contributed by atoms with E-state index in [-0.39, 0.29) is 0 Å². The van der Waals surface area contributed by atoms with E-state index >= 15 is 0 Å². The van der Waals surface area contributed by atoms with Gasteiger partial charge >= 0.3 is 0 Å². The molecule has 1 heterocycles. The lowest BCUT2D eigenvalue weighted by atomic mass is 10.4. The first-order valence-electron chi connectivity index (χ1n) is 5.96. The number of thiophene rings is 1. The first kappa shape index (κ1) is 15.4. The maximum absolute atomic E-state index is 12.5. The molecule has 0 bridgehead atoms. The third-order valence-electron chi connectivity index (χ3n) is 2.54. The molecule has 0 aliphatic heterocycles. The minimum Gasteiger partial charge on any atom is -0.312 e. The lowest BCUT2D eigenvalue weighted by Crippen LogP contribution is -2.31. The van der Waals surface area contributed by atoms with Crippen LogP contribution in [-0.4, -0.2) is 32.4 Å². The summed E-state index contributed by atoms with van der Waals surface area (Å²) in [7, 11) is -3.40. The second kappa shape index (κ2) is 7.04. The Morgan fingerprint density at radius 1 is 1.50 bits per heavy atom. The molecule has 0 spiro atoms. The Bertz CT molecular complexity index is 480. The van der Waals surface area contributed by atoms with Gasteiger partial charge in [0.2, 0.25) is 10.0 Å². The molecule has 0 fully saturated rings. The normalized spacial score (nSPS) is 11.9. The SMILES string of the molecule is C=CCN(CC)S(=O)(=O)c1ccsc1CNCC. The number of rotatable bonds is 8. The smallest absolute Gasteiger partial charge is 0.244 e. The minimum absolute atomic E-state index is 0.343. The summed E-state index contributed by atoms with van der Waals surface area (Å²) in [5.41, 5.74) is 0. The predicted molar refractivity (Wildman–Crippen MR) is 76.3 cm³/mol. The first-order chi connectivity index (χ1) is 8.57. The van der Waals surface area contributed by atoms with Gasteiger partial charge in [-0.15, -0.1) is 17.9 Å². The number of nitrogens with zero attached hydrogens (tertiary/aromatic N) is 1. The number of hydrogen-bond donors (Lipinski definition) is 1. The summed E-state index contributed by atoms with van der Waals surface area (Å²) in [6.07, 6.45) is 1.61. The Morgan fingerprint density at radius 3 is 2.78 bits per heavy atom. The van der Waals surface area contributed by atoms with Gasteiger partial charge < -0.3 is 5.32 Å². The molecule has 1 N–H and O–H groups in total. The van der Waals surface area contributed by atoms with Gasteiger partial charge in [0.05, 0.1) is 4.90 Å². The summed E-state index contributed by atoms with van der Waals surface area (Å²) in [6, 6.07) is 1.68. The van der Waals surface area contributed by atoms with E-state index in [4.69, 9.17) is 0 Å². The molecule has 102 valence electrons. The molecule has 0 atom stereocenters. The van der Waals surface area contributed by atoms with E-state index < -0.39 is 10.0 Å². The maximum Gasteiger partial charge on any atom is 0.244 e. The highest BCUT2D eigenvalue weighted by molar-refractivity contribution is 7.89. The van der Waals surface area contributed by atoms with E-state index in [9.17, 15) is 8.42 Å². The monoisotopic (exact) mass is 288 g/mol. The summed E-state index contributed by atoms with van der Waals surface area (Å²) in [4.78, 5) is 1.27. The van der Waals surface area contributed by atoms with Crippen molar-refractivity contribution in [2.75, 3.05) is 19.6 Å². The van der Waals surface area contributed by atoms with Crippen LogP contribution in [0.2, 0.25) is 0 Å². The minimum atomic E-state index is -3.40. The van der Waals surface area contributed by atoms with Gasteiger partial charge in [0, 0.05) is 24.5 Å². The van der Waals surface area contributed by atoms with Crippen LogP contribution in [0.4, 0.5) is 0 Å². The van der Waals surface area contributed by atoms with Crippen LogP contribution in [0, 0.1) is 0 Å². The maximum atomic E-state index is 12.5. The zero-order chi connectivity index (χ0) is 13.6. The first-order valence-corrected chi connectivity index (χ1v) is 8.28. The average Bonchev–Trinajstić information content (AvgIpc) is 2.82. The van der Waals surface area contributed by atoms with Crippen molar-refractivity contribution in [2.24, 2.45) is 0 Å². The van der Waals surface area contributed by atoms with Crippen molar-refractivity contribution in [2.45, 2.75) is 25.3 Å². The second-order valence-electron chi connectivity index (χ2n) is 3.73. The fourth-order valence-corrected chi connectivity index (χ4v) is 4.41.